The molecular weight excluding hydrogens is 364 g/mol. The molecule has 1 aliphatic rings. The number of aromatic amines is 1. The van der Waals surface area contributed by atoms with Crippen LogP contribution < -0.4 is 5.32 Å². The molecule has 1 fully saturated rings. The average molecular weight is 381 g/mol. The van der Waals surface area contributed by atoms with Crippen LogP contribution in [0, 0.1) is 17.6 Å². The van der Waals surface area contributed by atoms with E-state index in [1.54, 1.807) is 24.3 Å². The molecule has 2 aromatic carbocycles. The maximum atomic E-state index is 14.4. The molecule has 0 aliphatic heterocycles. The predicted molar refractivity (Wildman–Crippen MR) is 102 cm³/mol. The Morgan fingerprint density at radius 3 is 2.68 bits per heavy atom. The monoisotopic (exact) mass is 381 g/mol. The summed E-state index contributed by atoms with van der Waals surface area (Å²) in [6.07, 6.45) is 4.57. The summed E-state index contributed by atoms with van der Waals surface area (Å²) < 4.78 is 27.4. The fourth-order valence-electron chi connectivity index (χ4n) is 3.30. The number of nitrogens with zero attached hydrogens (tertiary/aromatic N) is 1. The van der Waals surface area contributed by atoms with Crippen molar-refractivity contribution in [1.29, 1.82) is 0 Å². The van der Waals surface area contributed by atoms with E-state index < -0.39 is 11.7 Å². The van der Waals surface area contributed by atoms with Gasteiger partial charge in [0.05, 0.1) is 16.9 Å². The number of fused-ring (bicyclic) bond motifs is 1. The summed E-state index contributed by atoms with van der Waals surface area (Å²) in [4.78, 5) is 23.7. The van der Waals surface area contributed by atoms with E-state index in [-0.39, 0.29) is 29.6 Å². The molecule has 142 valence electrons. The largest absolute Gasteiger partial charge is 0.323 e. The van der Waals surface area contributed by atoms with Crippen LogP contribution in [0.15, 0.2) is 36.4 Å². The summed E-state index contributed by atoms with van der Waals surface area (Å²) in [5.74, 6) is -1.61. The number of hydrogen-bond acceptors (Lipinski definition) is 3. The Bertz CT molecular complexity index is 1090. The van der Waals surface area contributed by atoms with Gasteiger partial charge in [-0.3, -0.25) is 14.7 Å². The number of rotatable bonds is 4. The Morgan fingerprint density at radius 2 is 1.96 bits per heavy atom. The van der Waals surface area contributed by atoms with Crippen molar-refractivity contribution in [3.8, 4) is 0 Å². The zero-order chi connectivity index (χ0) is 19.7. The van der Waals surface area contributed by atoms with Gasteiger partial charge in [-0.25, -0.2) is 8.78 Å². The average Bonchev–Trinajstić information content (AvgIpc) is 3.28. The first-order valence-electron chi connectivity index (χ1n) is 8.93. The molecule has 1 saturated carbocycles. The van der Waals surface area contributed by atoms with Gasteiger partial charge in [0.2, 0.25) is 5.91 Å². The van der Waals surface area contributed by atoms with Crippen molar-refractivity contribution in [3.63, 3.8) is 0 Å². The molecule has 5 nitrogen and oxygen atoms in total. The summed E-state index contributed by atoms with van der Waals surface area (Å²) >= 11 is 0. The molecular formula is C21H17F2N3O2. The molecule has 2 N–H and O–H groups in total. The van der Waals surface area contributed by atoms with E-state index in [1.165, 1.54) is 24.3 Å². The zero-order valence-corrected chi connectivity index (χ0v) is 14.8. The Morgan fingerprint density at radius 1 is 1.18 bits per heavy atom. The van der Waals surface area contributed by atoms with Crippen LogP contribution in [0.5, 0.6) is 0 Å². The van der Waals surface area contributed by atoms with Crippen molar-refractivity contribution in [2.45, 2.75) is 19.3 Å². The number of carbonyl (C=O) groups is 2. The number of Topliss-reactive ketones (excluding diaryl/α,β-unsaturated/α-hetero) is 1. The van der Waals surface area contributed by atoms with Crippen LogP contribution in [0.1, 0.15) is 30.5 Å². The normalized spacial score (nSPS) is 16.9. The number of benzene rings is 2. The van der Waals surface area contributed by atoms with E-state index >= 15 is 0 Å². The zero-order valence-electron chi connectivity index (χ0n) is 14.8. The molecule has 0 radical (unpaired) electrons. The smallest absolute Gasteiger partial charge is 0.228 e. The van der Waals surface area contributed by atoms with Crippen LogP contribution in [-0.4, -0.2) is 21.9 Å². The maximum Gasteiger partial charge on any atom is 0.228 e. The van der Waals surface area contributed by atoms with E-state index in [2.05, 4.69) is 15.5 Å². The Hall–Kier alpha value is -3.35. The molecule has 0 saturated heterocycles. The molecule has 0 spiro atoms. The molecule has 1 heterocycles. The lowest BCUT2D eigenvalue weighted by Gasteiger charge is -2.10. The highest BCUT2D eigenvalue weighted by Gasteiger charge is 2.28. The molecule has 3 aromatic rings. The molecule has 1 unspecified atom stereocenters. The van der Waals surface area contributed by atoms with Gasteiger partial charge in [-0.2, -0.15) is 5.10 Å². The maximum absolute atomic E-state index is 14.4. The van der Waals surface area contributed by atoms with Gasteiger partial charge in [-0.1, -0.05) is 18.2 Å². The minimum atomic E-state index is -0.581. The molecule has 1 aromatic heterocycles. The SMILES string of the molecule is O=C1CCC(C(=O)Nc2cc3c(/C=C/c4ccc(F)cc4)n[nH]c3cc2F)C1. The van der Waals surface area contributed by atoms with Gasteiger partial charge in [0.15, 0.2) is 0 Å². The molecule has 1 aliphatic carbocycles. The van der Waals surface area contributed by atoms with Crippen molar-refractivity contribution < 1.29 is 18.4 Å². The van der Waals surface area contributed by atoms with Gasteiger partial charge >= 0.3 is 0 Å². The van der Waals surface area contributed by atoms with Gasteiger partial charge in [0, 0.05) is 30.2 Å². The summed E-state index contributed by atoms with van der Waals surface area (Å²) in [6, 6.07) is 8.78. The van der Waals surface area contributed by atoms with E-state index in [9.17, 15) is 18.4 Å². The van der Waals surface area contributed by atoms with Crippen molar-refractivity contribution in [2.24, 2.45) is 5.92 Å². The molecule has 1 atom stereocenters. The number of aromatic nitrogens is 2. The molecule has 0 bridgehead atoms. The Labute approximate surface area is 159 Å². The quantitative estimate of drug-likeness (QED) is 0.707. The first-order valence-corrected chi connectivity index (χ1v) is 8.93. The first kappa shape index (κ1) is 18.0. The Balaban J connectivity index is 1.59. The van der Waals surface area contributed by atoms with Crippen LogP contribution in [0.25, 0.3) is 23.1 Å². The van der Waals surface area contributed by atoms with Gasteiger partial charge in [-0.15, -0.1) is 0 Å². The highest BCUT2D eigenvalue weighted by molar-refractivity contribution is 6.00. The van der Waals surface area contributed by atoms with Gasteiger partial charge in [0.25, 0.3) is 0 Å². The Kier molecular flexibility index (Phi) is 4.73. The van der Waals surface area contributed by atoms with Crippen LogP contribution in [-0.2, 0) is 9.59 Å². The minimum Gasteiger partial charge on any atom is -0.323 e. The van der Waals surface area contributed by atoms with Gasteiger partial charge in [0.1, 0.15) is 17.4 Å². The standard InChI is InChI=1S/C21H17F2N3O2/c22-14-5-1-12(2-6-14)3-8-18-16-10-20(17(23)11-19(16)26-25-18)24-21(28)13-4-7-15(27)9-13/h1-3,5-6,8,10-11,13H,4,7,9H2,(H,24,28)(H,25,26)/b8-3+. The highest BCUT2D eigenvalue weighted by Crippen LogP contribution is 2.28. The second kappa shape index (κ2) is 7.34. The van der Waals surface area contributed by atoms with E-state index in [4.69, 9.17) is 0 Å². The highest BCUT2D eigenvalue weighted by atomic mass is 19.1. The first-order chi connectivity index (χ1) is 13.5. The molecule has 7 heteroatoms. The van der Waals surface area contributed by atoms with Crippen molar-refractivity contribution in [2.75, 3.05) is 5.32 Å². The number of hydrogen-bond donors (Lipinski definition) is 2. The van der Waals surface area contributed by atoms with Crippen molar-refractivity contribution in [1.82, 2.24) is 10.2 Å². The van der Waals surface area contributed by atoms with Crippen molar-refractivity contribution in [3.05, 3.63) is 59.3 Å². The van der Waals surface area contributed by atoms with Crippen LogP contribution in [0.3, 0.4) is 0 Å². The van der Waals surface area contributed by atoms with E-state index in [1.807, 2.05) is 0 Å². The van der Waals surface area contributed by atoms with Crippen LogP contribution >= 0.6 is 0 Å². The number of nitrogens with one attached hydrogen (secondary N) is 2. The summed E-state index contributed by atoms with van der Waals surface area (Å²) in [5.41, 5.74) is 1.89. The molecule has 28 heavy (non-hydrogen) atoms. The second-order valence-electron chi connectivity index (χ2n) is 6.84. The van der Waals surface area contributed by atoms with Crippen LogP contribution in [0.2, 0.25) is 0 Å². The third-order valence-corrected chi connectivity index (χ3v) is 4.86. The minimum absolute atomic E-state index is 0.0506. The summed E-state index contributed by atoms with van der Waals surface area (Å²) in [6.45, 7) is 0. The third kappa shape index (κ3) is 3.69. The van der Waals surface area contributed by atoms with Gasteiger partial charge < -0.3 is 5.32 Å². The topological polar surface area (TPSA) is 74.8 Å². The molecule has 4 rings (SSSR count). The number of carbonyl (C=O) groups excluding carboxylic acids is 2. The number of anilines is 1. The second-order valence-corrected chi connectivity index (χ2v) is 6.84. The third-order valence-electron chi connectivity index (χ3n) is 4.86. The lowest BCUT2D eigenvalue weighted by molar-refractivity contribution is -0.122. The number of ketones is 1. The summed E-state index contributed by atoms with van der Waals surface area (Å²) in [7, 11) is 0. The number of amides is 1. The fourth-order valence-corrected chi connectivity index (χ4v) is 3.30. The number of H-pyrrole nitrogens is 1. The summed E-state index contributed by atoms with van der Waals surface area (Å²) in [5, 5.41) is 10.1. The number of halogens is 2. The fraction of sp³-hybridized carbons (Fsp3) is 0.190. The lowest BCUT2D eigenvalue weighted by Crippen LogP contribution is -2.21. The molecule has 1 amide bonds. The van der Waals surface area contributed by atoms with Crippen molar-refractivity contribution >= 4 is 40.4 Å². The van der Waals surface area contributed by atoms with E-state index in [0.29, 0.717) is 29.4 Å². The lowest BCUT2D eigenvalue weighted by atomic mass is 10.1. The van der Waals surface area contributed by atoms with Gasteiger partial charge in [-0.05, 0) is 36.3 Å². The van der Waals surface area contributed by atoms with E-state index in [0.717, 1.165) is 5.56 Å². The predicted octanol–water partition coefficient (Wildman–Crippen LogP) is 4.32. The van der Waals surface area contributed by atoms with Crippen LogP contribution in [0.4, 0.5) is 14.5 Å².